The monoisotopic (exact) mass is 184 g/mol. The van der Waals surface area contributed by atoms with E-state index in [-0.39, 0.29) is 18.9 Å². The van der Waals surface area contributed by atoms with E-state index in [9.17, 15) is 9.50 Å². The summed E-state index contributed by atoms with van der Waals surface area (Å²) in [6.07, 6.45) is 0. The Morgan fingerprint density at radius 2 is 1.62 bits per heavy atom. The van der Waals surface area contributed by atoms with E-state index in [4.69, 9.17) is 11.5 Å². The molecule has 13 heavy (non-hydrogen) atoms. The van der Waals surface area contributed by atoms with E-state index in [1.165, 1.54) is 24.3 Å². The number of benzene rings is 1. The third kappa shape index (κ3) is 2.03. The van der Waals surface area contributed by atoms with Gasteiger partial charge in [0.15, 0.2) is 0 Å². The molecular weight excluding hydrogens is 171 g/mol. The van der Waals surface area contributed by atoms with E-state index < -0.39 is 5.60 Å². The zero-order valence-electron chi connectivity index (χ0n) is 7.20. The topological polar surface area (TPSA) is 72.3 Å². The molecule has 0 fully saturated rings. The summed E-state index contributed by atoms with van der Waals surface area (Å²) < 4.78 is 12.5. The van der Waals surface area contributed by atoms with Crippen LogP contribution in [0.3, 0.4) is 0 Å². The van der Waals surface area contributed by atoms with E-state index in [0.29, 0.717) is 5.56 Å². The minimum Gasteiger partial charge on any atom is -0.383 e. The van der Waals surface area contributed by atoms with Gasteiger partial charge in [0.2, 0.25) is 0 Å². The van der Waals surface area contributed by atoms with Gasteiger partial charge in [-0.2, -0.15) is 0 Å². The summed E-state index contributed by atoms with van der Waals surface area (Å²) in [5.74, 6) is -0.347. The SMILES string of the molecule is NCC(O)(CN)c1ccc(F)cc1. The van der Waals surface area contributed by atoms with E-state index in [1.807, 2.05) is 0 Å². The van der Waals surface area contributed by atoms with E-state index >= 15 is 0 Å². The molecular formula is C9H13FN2O. The molecule has 1 rings (SSSR count). The van der Waals surface area contributed by atoms with Crippen LogP contribution in [0.25, 0.3) is 0 Å². The number of rotatable bonds is 3. The Hall–Kier alpha value is -0.970. The first-order valence-electron chi connectivity index (χ1n) is 4.01. The smallest absolute Gasteiger partial charge is 0.123 e. The number of hydrogen-bond acceptors (Lipinski definition) is 3. The van der Waals surface area contributed by atoms with Crippen LogP contribution >= 0.6 is 0 Å². The fourth-order valence-electron chi connectivity index (χ4n) is 1.08. The highest BCUT2D eigenvalue weighted by Gasteiger charge is 2.25. The third-order valence-corrected chi connectivity index (χ3v) is 2.06. The van der Waals surface area contributed by atoms with Gasteiger partial charge in [-0.1, -0.05) is 12.1 Å². The average molecular weight is 184 g/mol. The molecule has 0 radical (unpaired) electrons. The average Bonchev–Trinajstić information content (AvgIpc) is 2.18. The summed E-state index contributed by atoms with van der Waals surface area (Å²) in [4.78, 5) is 0. The second-order valence-corrected chi connectivity index (χ2v) is 2.95. The minimum atomic E-state index is -1.24. The van der Waals surface area contributed by atoms with Crippen molar-refractivity contribution in [2.24, 2.45) is 11.5 Å². The Morgan fingerprint density at radius 1 is 1.15 bits per heavy atom. The predicted molar refractivity (Wildman–Crippen MR) is 48.4 cm³/mol. The quantitative estimate of drug-likeness (QED) is 0.615. The van der Waals surface area contributed by atoms with Gasteiger partial charge >= 0.3 is 0 Å². The lowest BCUT2D eigenvalue weighted by Crippen LogP contribution is -2.41. The van der Waals surface area contributed by atoms with Crippen molar-refractivity contribution in [3.05, 3.63) is 35.6 Å². The van der Waals surface area contributed by atoms with Crippen molar-refractivity contribution in [2.75, 3.05) is 13.1 Å². The van der Waals surface area contributed by atoms with Crippen molar-refractivity contribution in [3.63, 3.8) is 0 Å². The molecule has 0 saturated carbocycles. The van der Waals surface area contributed by atoms with Gasteiger partial charge in [-0.3, -0.25) is 0 Å². The molecule has 3 nitrogen and oxygen atoms in total. The van der Waals surface area contributed by atoms with Crippen LogP contribution in [0.4, 0.5) is 4.39 Å². The predicted octanol–water partition coefficient (Wildman–Crippen LogP) is -0.0693. The van der Waals surface area contributed by atoms with Crippen LogP contribution in [0.5, 0.6) is 0 Å². The Balaban J connectivity index is 2.99. The van der Waals surface area contributed by atoms with Gasteiger partial charge in [0.1, 0.15) is 11.4 Å². The molecule has 0 heterocycles. The molecule has 0 aliphatic rings. The Morgan fingerprint density at radius 3 is 2.00 bits per heavy atom. The van der Waals surface area contributed by atoms with E-state index in [2.05, 4.69) is 0 Å². The fraction of sp³-hybridized carbons (Fsp3) is 0.333. The third-order valence-electron chi connectivity index (χ3n) is 2.06. The molecule has 72 valence electrons. The molecule has 0 aliphatic heterocycles. The second-order valence-electron chi connectivity index (χ2n) is 2.95. The minimum absolute atomic E-state index is 0.0229. The molecule has 0 aromatic heterocycles. The normalized spacial score (nSPS) is 11.7. The summed E-state index contributed by atoms with van der Waals surface area (Å²) >= 11 is 0. The first-order chi connectivity index (χ1) is 6.12. The Bertz CT molecular complexity index is 269. The van der Waals surface area contributed by atoms with Crippen LogP contribution in [0, 0.1) is 5.82 Å². The molecule has 0 bridgehead atoms. The Kier molecular flexibility index (Phi) is 2.98. The summed E-state index contributed by atoms with van der Waals surface area (Å²) in [7, 11) is 0. The molecule has 0 unspecified atom stereocenters. The summed E-state index contributed by atoms with van der Waals surface area (Å²) in [6, 6.07) is 5.50. The van der Waals surface area contributed by atoms with Crippen molar-refractivity contribution in [3.8, 4) is 0 Å². The molecule has 1 aromatic rings. The zero-order valence-corrected chi connectivity index (χ0v) is 7.20. The molecule has 0 saturated heterocycles. The van der Waals surface area contributed by atoms with E-state index in [1.54, 1.807) is 0 Å². The zero-order chi connectivity index (χ0) is 9.90. The molecule has 1 aromatic carbocycles. The summed E-state index contributed by atoms with van der Waals surface area (Å²) in [6.45, 7) is 0.0459. The van der Waals surface area contributed by atoms with Crippen LogP contribution in [-0.2, 0) is 5.60 Å². The van der Waals surface area contributed by atoms with Crippen molar-refractivity contribution in [1.82, 2.24) is 0 Å². The maximum Gasteiger partial charge on any atom is 0.123 e. The Labute approximate surface area is 76.2 Å². The second kappa shape index (κ2) is 3.83. The lowest BCUT2D eigenvalue weighted by atomic mass is 9.94. The maximum absolute atomic E-state index is 12.5. The summed E-state index contributed by atoms with van der Waals surface area (Å²) in [5, 5.41) is 9.82. The van der Waals surface area contributed by atoms with Gasteiger partial charge in [-0.25, -0.2) is 4.39 Å². The fourth-order valence-corrected chi connectivity index (χ4v) is 1.08. The highest BCUT2D eigenvalue weighted by molar-refractivity contribution is 5.23. The first kappa shape index (κ1) is 10.1. The van der Waals surface area contributed by atoms with Crippen molar-refractivity contribution in [1.29, 1.82) is 0 Å². The lowest BCUT2D eigenvalue weighted by molar-refractivity contribution is 0.0553. The van der Waals surface area contributed by atoms with Gasteiger partial charge < -0.3 is 16.6 Å². The van der Waals surface area contributed by atoms with Crippen LogP contribution in [-0.4, -0.2) is 18.2 Å². The number of halogens is 1. The molecule has 0 aliphatic carbocycles. The molecule has 5 N–H and O–H groups in total. The van der Waals surface area contributed by atoms with Crippen LogP contribution in [0.15, 0.2) is 24.3 Å². The van der Waals surface area contributed by atoms with E-state index in [0.717, 1.165) is 0 Å². The highest BCUT2D eigenvalue weighted by Crippen LogP contribution is 2.18. The van der Waals surface area contributed by atoms with Gasteiger partial charge in [0.25, 0.3) is 0 Å². The van der Waals surface area contributed by atoms with Crippen molar-refractivity contribution < 1.29 is 9.50 Å². The molecule has 0 spiro atoms. The van der Waals surface area contributed by atoms with Crippen LogP contribution in [0.1, 0.15) is 5.56 Å². The number of hydrogen-bond donors (Lipinski definition) is 3. The van der Waals surface area contributed by atoms with Crippen LogP contribution in [0.2, 0.25) is 0 Å². The standard InChI is InChI=1S/C9H13FN2O/c10-8-3-1-7(2-4-8)9(13,5-11)6-12/h1-4,13H,5-6,11-12H2. The van der Waals surface area contributed by atoms with Crippen molar-refractivity contribution >= 4 is 0 Å². The number of aliphatic hydroxyl groups is 1. The van der Waals surface area contributed by atoms with Gasteiger partial charge in [0.05, 0.1) is 0 Å². The van der Waals surface area contributed by atoms with Gasteiger partial charge in [0, 0.05) is 13.1 Å². The maximum atomic E-state index is 12.5. The molecule has 0 atom stereocenters. The first-order valence-corrected chi connectivity index (χ1v) is 4.01. The molecule has 4 heteroatoms. The largest absolute Gasteiger partial charge is 0.383 e. The van der Waals surface area contributed by atoms with Crippen molar-refractivity contribution in [2.45, 2.75) is 5.60 Å². The lowest BCUT2D eigenvalue weighted by Gasteiger charge is -2.24. The number of nitrogens with two attached hydrogens (primary N) is 2. The molecule has 0 amide bonds. The highest BCUT2D eigenvalue weighted by atomic mass is 19.1. The van der Waals surface area contributed by atoms with Gasteiger partial charge in [-0.15, -0.1) is 0 Å². The van der Waals surface area contributed by atoms with Gasteiger partial charge in [-0.05, 0) is 17.7 Å². The summed E-state index contributed by atoms with van der Waals surface area (Å²) in [5.41, 5.74) is 10.0. The van der Waals surface area contributed by atoms with Crippen LogP contribution < -0.4 is 11.5 Å².